The lowest BCUT2D eigenvalue weighted by Gasteiger charge is -2.33. The lowest BCUT2D eigenvalue weighted by atomic mass is 10.1. The van der Waals surface area contributed by atoms with E-state index in [1.807, 2.05) is 6.92 Å². The average molecular weight is 498 g/mol. The summed E-state index contributed by atoms with van der Waals surface area (Å²) in [5.41, 5.74) is 8.45. The number of alkyl halides is 3. The molecule has 0 spiro atoms. The summed E-state index contributed by atoms with van der Waals surface area (Å²) in [5.74, 6) is 0.194. The first-order valence-corrected chi connectivity index (χ1v) is 11.6. The van der Waals surface area contributed by atoms with E-state index >= 15 is 0 Å². The van der Waals surface area contributed by atoms with E-state index in [4.69, 9.17) is 10.5 Å². The molecular formula is C23H27F4N5OS. The van der Waals surface area contributed by atoms with Crippen LogP contribution in [0.5, 0.6) is 5.75 Å². The van der Waals surface area contributed by atoms with Crippen LogP contribution in [0.4, 0.5) is 34.8 Å². The minimum absolute atomic E-state index is 0.115. The molecule has 34 heavy (non-hydrogen) atoms. The number of nitrogen functional groups attached to an aromatic ring is 1. The predicted octanol–water partition coefficient (Wildman–Crippen LogP) is 5.35. The molecule has 1 unspecified atom stereocenters. The molecule has 0 saturated carbocycles. The highest BCUT2D eigenvalue weighted by molar-refractivity contribution is 7.79. The van der Waals surface area contributed by atoms with Crippen LogP contribution in [0.2, 0.25) is 0 Å². The number of piperidine rings is 1. The van der Waals surface area contributed by atoms with Crippen LogP contribution < -0.4 is 15.8 Å². The smallest absolute Gasteiger partial charge is 0.401 e. The van der Waals surface area contributed by atoms with Crippen molar-refractivity contribution in [1.82, 2.24) is 14.9 Å². The van der Waals surface area contributed by atoms with Crippen LogP contribution in [0.1, 0.15) is 18.4 Å². The van der Waals surface area contributed by atoms with Crippen molar-refractivity contribution in [2.45, 2.75) is 32.0 Å². The Labute approximate surface area is 200 Å². The molecule has 2 heterocycles. The Hall–Kier alpha value is -2.79. The zero-order chi connectivity index (χ0) is 24.9. The van der Waals surface area contributed by atoms with Crippen LogP contribution in [-0.2, 0) is 0 Å². The number of hydrogen-bond acceptors (Lipinski definition) is 7. The van der Waals surface area contributed by atoms with Gasteiger partial charge in [-0.3, -0.25) is 4.90 Å². The van der Waals surface area contributed by atoms with Gasteiger partial charge in [0.15, 0.2) is 0 Å². The number of nitrogens with two attached hydrogens (primary N) is 1. The SMILES string of the molecule is CS.Cc1cc(N)cc2ncnc(Nc3ccc(F)cc3OC3CCCN(CC(F)(F)F)C3)c12. The third-order valence-corrected chi connectivity index (χ3v) is 5.31. The van der Waals surface area contributed by atoms with E-state index in [1.165, 1.54) is 29.4 Å². The lowest BCUT2D eigenvalue weighted by molar-refractivity contribution is -0.150. The molecule has 1 aliphatic heterocycles. The summed E-state index contributed by atoms with van der Waals surface area (Å²) in [4.78, 5) is 9.87. The van der Waals surface area contributed by atoms with E-state index < -0.39 is 24.6 Å². The number of thiol groups is 1. The molecule has 0 aliphatic carbocycles. The number of benzene rings is 2. The summed E-state index contributed by atoms with van der Waals surface area (Å²) in [6, 6.07) is 7.55. The molecule has 2 aromatic carbocycles. The third kappa shape index (κ3) is 6.63. The molecule has 1 aromatic heterocycles. The van der Waals surface area contributed by atoms with Gasteiger partial charge in [0.25, 0.3) is 0 Å². The zero-order valence-corrected chi connectivity index (χ0v) is 19.8. The number of aryl methyl sites for hydroxylation is 1. The molecule has 11 heteroatoms. The van der Waals surface area contributed by atoms with Crippen LogP contribution in [0.3, 0.4) is 0 Å². The van der Waals surface area contributed by atoms with Crippen molar-refractivity contribution in [2.24, 2.45) is 0 Å². The maximum Gasteiger partial charge on any atom is 0.401 e. The molecule has 4 rings (SSSR count). The molecular weight excluding hydrogens is 470 g/mol. The van der Waals surface area contributed by atoms with Crippen molar-refractivity contribution in [2.75, 3.05) is 36.9 Å². The number of nitrogens with zero attached hydrogens (tertiary/aromatic N) is 3. The van der Waals surface area contributed by atoms with Crippen LogP contribution in [0.15, 0.2) is 36.7 Å². The fraction of sp³-hybridized carbons (Fsp3) is 0.391. The lowest BCUT2D eigenvalue weighted by Crippen LogP contribution is -2.45. The second-order valence-corrected chi connectivity index (χ2v) is 7.95. The minimum atomic E-state index is -4.28. The van der Waals surface area contributed by atoms with Gasteiger partial charge in [-0.15, -0.1) is 0 Å². The minimum Gasteiger partial charge on any atom is -0.487 e. The summed E-state index contributed by atoms with van der Waals surface area (Å²) in [5, 5.41) is 3.92. The topological polar surface area (TPSA) is 76.3 Å². The van der Waals surface area contributed by atoms with E-state index in [1.54, 1.807) is 18.4 Å². The molecule has 0 radical (unpaired) electrons. The Morgan fingerprint density at radius 2 is 1.97 bits per heavy atom. The molecule has 1 aliphatic rings. The molecule has 1 saturated heterocycles. The van der Waals surface area contributed by atoms with Gasteiger partial charge in [-0.1, -0.05) is 0 Å². The first-order valence-electron chi connectivity index (χ1n) is 10.7. The van der Waals surface area contributed by atoms with Crippen LogP contribution in [0.25, 0.3) is 10.9 Å². The monoisotopic (exact) mass is 497 g/mol. The van der Waals surface area contributed by atoms with Gasteiger partial charge in [0.05, 0.1) is 17.7 Å². The molecule has 1 fully saturated rings. The number of halogens is 4. The van der Waals surface area contributed by atoms with Crippen molar-refractivity contribution >= 4 is 40.7 Å². The number of rotatable bonds is 5. The Morgan fingerprint density at radius 1 is 1.21 bits per heavy atom. The normalized spacial score (nSPS) is 16.6. The summed E-state index contributed by atoms with van der Waals surface area (Å²) < 4.78 is 58.3. The standard InChI is InChI=1S/C22H23F4N5O.CH4S/c1-13-7-15(27)9-18-20(13)21(29-12-28-18)30-17-5-4-14(23)8-19(17)32-16-3-2-6-31(10-16)11-22(24,25)26;1-2/h4-5,7-9,12,16H,2-3,6,10-11,27H2,1H3,(H,28,29,30);2H,1H3. The highest BCUT2D eigenvalue weighted by Gasteiger charge is 2.33. The van der Waals surface area contributed by atoms with Crippen LogP contribution in [-0.4, -0.2) is 53.0 Å². The molecule has 0 amide bonds. The van der Waals surface area contributed by atoms with Gasteiger partial charge in [-0.25, -0.2) is 14.4 Å². The van der Waals surface area contributed by atoms with E-state index in [-0.39, 0.29) is 12.3 Å². The number of ether oxygens (including phenoxy) is 1. The van der Waals surface area contributed by atoms with Crippen molar-refractivity contribution < 1.29 is 22.3 Å². The van der Waals surface area contributed by atoms with Crippen molar-refractivity contribution in [3.8, 4) is 5.75 Å². The number of nitrogens with one attached hydrogen (secondary N) is 1. The van der Waals surface area contributed by atoms with E-state index in [9.17, 15) is 17.6 Å². The van der Waals surface area contributed by atoms with E-state index in [0.29, 0.717) is 42.1 Å². The summed E-state index contributed by atoms with van der Waals surface area (Å²) in [7, 11) is 0. The van der Waals surface area contributed by atoms with E-state index in [0.717, 1.165) is 10.9 Å². The number of anilines is 3. The quantitative estimate of drug-likeness (QED) is 0.251. The first-order chi connectivity index (χ1) is 16.2. The van der Waals surface area contributed by atoms with Gasteiger partial charge in [-0.2, -0.15) is 25.8 Å². The predicted molar refractivity (Wildman–Crippen MR) is 129 cm³/mol. The maximum atomic E-state index is 14.0. The number of likely N-dealkylation sites (tertiary alicyclic amines) is 1. The number of aromatic nitrogens is 2. The fourth-order valence-electron chi connectivity index (χ4n) is 4.02. The highest BCUT2D eigenvalue weighted by atomic mass is 32.1. The fourth-order valence-corrected chi connectivity index (χ4v) is 4.02. The first kappa shape index (κ1) is 25.8. The number of hydrogen-bond donors (Lipinski definition) is 3. The Bertz CT molecular complexity index is 1130. The Balaban J connectivity index is 0.00000158. The largest absolute Gasteiger partial charge is 0.487 e. The Kier molecular flexibility index (Phi) is 8.42. The summed E-state index contributed by atoms with van der Waals surface area (Å²) in [6.45, 7) is 1.36. The highest BCUT2D eigenvalue weighted by Crippen LogP contribution is 2.34. The second-order valence-electron chi connectivity index (χ2n) is 7.95. The number of fused-ring (bicyclic) bond motifs is 1. The van der Waals surface area contributed by atoms with Crippen molar-refractivity contribution in [1.29, 1.82) is 0 Å². The van der Waals surface area contributed by atoms with Crippen molar-refractivity contribution in [3.05, 3.63) is 48.0 Å². The molecule has 184 valence electrons. The average Bonchev–Trinajstić information content (AvgIpc) is 2.76. The summed E-state index contributed by atoms with van der Waals surface area (Å²) >= 11 is 3.53. The molecule has 0 bridgehead atoms. The molecule has 3 N–H and O–H groups in total. The van der Waals surface area contributed by atoms with Crippen LogP contribution >= 0.6 is 12.6 Å². The second kappa shape index (κ2) is 11.1. The van der Waals surface area contributed by atoms with E-state index in [2.05, 4.69) is 27.9 Å². The van der Waals surface area contributed by atoms with Gasteiger partial charge < -0.3 is 15.8 Å². The van der Waals surface area contributed by atoms with Gasteiger partial charge in [0, 0.05) is 23.7 Å². The zero-order valence-electron chi connectivity index (χ0n) is 18.9. The molecule has 3 aromatic rings. The summed E-state index contributed by atoms with van der Waals surface area (Å²) in [6.07, 6.45) is -0.529. The Morgan fingerprint density at radius 3 is 2.71 bits per heavy atom. The molecule has 1 atom stereocenters. The van der Waals surface area contributed by atoms with Gasteiger partial charge in [0.1, 0.15) is 29.8 Å². The van der Waals surface area contributed by atoms with Gasteiger partial charge in [0.2, 0.25) is 0 Å². The third-order valence-electron chi connectivity index (χ3n) is 5.31. The molecule has 6 nitrogen and oxygen atoms in total. The van der Waals surface area contributed by atoms with Gasteiger partial charge >= 0.3 is 6.18 Å². The van der Waals surface area contributed by atoms with Gasteiger partial charge in [-0.05, 0) is 62.4 Å². The maximum absolute atomic E-state index is 14.0. The van der Waals surface area contributed by atoms with Crippen molar-refractivity contribution in [3.63, 3.8) is 0 Å². The van der Waals surface area contributed by atoms with Crippen LogP contribution in [0, 0.1) is 12.7 Å².